The maximum atomic E-state index is 9.72. The van der Waals surface area contributed by atoms with Crippen molar-refractivity contribution in [2.75, 3.05) is 0 Å². The summed E-state index contributed by atoms with van der Waals surface area (Å²) < 4.78 is 0. The molecule has 2 nitrogen and oxygen atoms in total. The molecule has 0 heterocycles. The molecule has 0 radical (unpaired) electrons. The number of hydrogen-bond donors (Lipinski definition) is 2. The maximum absolute atomic E-state index is 9.72. The van der Waals surface area contributed by atoms with Gasteiger partial charge in [-0.05, 0) is 24.8 Å². The Morgan fingerprint density at radius 2 is 1.92 bits per heavy atom. The van der Waals surface area contributed by atoms with Crippen LogP contribution in [0.5, 0.6) is 0 Å². The predicted molar refractivity (Wildman–Crippen MR) is 49.0 cm³/mol. The molecule has 0 aromatic heterocycles. The van der Waals surface area contributed by atoms with E-state index in [1.165, 1.54) is 11.1 Å². The Morgan fingerprint density at radius 1 is 1.15 bits per heavy atom. The molecule has 2 heteroatoms. The van der Waals surface area contributed by atoms with E-state index in [2.05, 4.69) is 12.2 Å². The van der Waals surface area contributed by atoms with E-state index in [0.717, 1.165) is 19.3 Å². The second-order valence-electron chi connectivity index (χ2n) is 4.35. The summed E-state index contributed by atoms with van der Waals surface area (Å²) in [5.74, 6) is 0.492. The summed E-state index contributed by atoms with van der Waals surface area (Å²) in [6.07, 6.45) is 6.50. The predicted octanol–water partition coefficient (Wildman–Crippen LogP) is 1.00. The van der Waals surface area contributed by atoms with Gasteiger partial charge in [0, 0.05) is 11.8 Å². The van der Waals surface area contributed by atoms with E-state index in [0.29, 0.717) is 0 Å². The van der Waals surface area contributed by atoms with Crippen LogP contribution in [0.1, 0.15) is 19.3 Å². The highest BCUT2D eigenvalue weighted by molar-refractivity contribution is 5.42. The van der Waals surface area contributed by atoms with Crippen LogP contribution in [0.3, 0.4) is 0 Å². The summed E-state index contributed by atoms with van der Waals surface area (Å²) in [5, 5.41) is 19.4. The minimum Gasteiger partial charge on any atom is -0.390 e. The molecule has 0 aliphatic heterocycles. The van der Waals surface area contributed by atoms with Crippen molar-refractivity contribution < 1.29 is 10.2 Å². The molecule has 1 saturated carbocycles. The van der Waals surface area contributed by atoms with Crippen LogP contribution in [0.25, 0.3) is 0 Å². The number of allylic oxidation sites excluding steroid dienone is 2. The average Bonchev–Trinajstić information content (AvgIpc) is 2.66. The lowest BCUT2D eigenvalue weighted by molar-refractivity contribution is 0.00823. The summed E-state index contributed by atoms with van der Waals surface area (Å²) in [6, 6.07) is 0. The van der Waals surface area contributed by atoms with Gasteiger partial charge in [-0.3, -0.25) is 0 Å². The molecule has 70 valence electrons. The molecule has 13 heavy (non-hydrogen) atoms. The average molecular weight is 178 g/mol. The molecule has 0 amide bonds. The molecule has 2 N–H and O–H groups in total. The normalized spacial score (nSPS) is 47.2. The van der Waals surface area contributed by atoms with Gasteiger partial charge in [-0.25, -0.2) is 0 Å². The molecule has 0 spiro atoms. The fourth-order valence-corrected chi connectivity index (χ4v) is 3.15. The van der Waals surface area contributed by atoms with Crippen molar-refractivity contribution in [3.63, 3.8) is 0 Å². The Kier molecular flexibility index (Phi) is 1.47. The highest BCUT2D eigenvalue weighted by Gasteiger charge is 2.50. The third kappa shape index (κ3) is 0.851. The molecule has 0 saturated heterocycles. The molecule has 0 aromatic carbocycles. The standard InChI is InChI=1S/C11H14O2/c12-10-8-5-9(11(10)13)7-4-2-1-3-6(7)8/h1,3,8-13H,2,4-5H2/t8-,9?,10+,11-/m0/s1. The fraction of sp³-hybridized carbons (Fsp3) is 0.636. The first kappa shape index (κ1) is 7.77. The lowest BCUT2D eigenvalue weighted by Crippen LogP contribution is -2.34. The Bertz CT molecular complexity index is 303. The van der Waals surface area contributed by atoms with Gasteiger partial charge >= 0.3 is 0 Å². The third-order valence-electron chi connectivity index (χ3n) is 3.78. The number of rotatable bonds is 0. The lowest BCUT2D eigenvalue weighted by atomic mass is 9.83. The zero-order chi connectivity index (χ0) is 9.00. The van der Waals surface area contributed by atoms with Gasteiger partial charge < -0.3 is 10.2 Å². The fourth-order valence-electron chi connectivity index (χ4n) is 3.15. The van der Waals surface area contributed by atoms with Crippen LogP contribution in [0.4, 0.5) is 0 Å². The van der Waals surface area contributed by atoms with Crippen molar-refractivity contribution in [1.82, 2.24) is 0 Å². The van der Waals surface area contributed by atoms with E-state index in [-0.39, 0.29) is 11.8 Å². The Labute approximate surface area is 77.6 Å². The lowest BCUT2D eigenvalue weighted by Gasteiger charge is -2.28. The number of fused-ring (bicyclic) bond motifs is 4. The van der Waals surface area contributed by atoms with Crippen LogP contribution in [0.15, 0.2) is 23.3 Å². The monoisotopic (exact) mass is 178 g/mol. The van der Waals surface area contributed by atoms with Crippen molar-refractivity contribution in [2.45, 2.75) is 31.5 Å². The minimum atomic E-state index is -0.508. The number of hydrogen-bond acceptors (Lipinski definition) is 2. The zero-order valence-corrected chi connectivity index (χ0v) is 7.48. The molecule has 4 atom stereocenters. The molecule has 3 aliphatic carbocycles. The second-order valence-corrected chi connectivity index (χ2v) is 4.35. The van der Waals surface area contributed by atoms with Crippen molar-refractivity contribution in [1.29, 1.82) is 0 Å². The number of aliphatic hydroxyl groups is 2. The maximum Gasteiger partial charge on any atom is 0.0873 e. The second kappa shape index (κ2) is 2.46. The third-order valence-corrected chi connectivity index (χ3v) is 3.78. The van der Waals surface area contributed by atoms with Crippen LogP contribution >= 0.6 is 0 Å². The molecular formula is C11H14O2. The molecule has 3 aliphatic rings. The molecular weight excluding hydrogens is 164 g/mol. The van der Waals surface area contributed by atoms with Crippen LogP contribution < -0.4 is 0 Å². The van der Waals surface area contributed by atoms with E-state index in [9.17, 15) is 10.2 Å². The summed E-state index contributed by atoms with van der Waals surface area (Å²) >= 11 is 0. The SMILES string of the molecule is O[C@@H]1[C@H]2CC(C3=C2C=CCC3)[C@@H]1O. The van der Waals surface area contributed by atoms with Gasteiger partial charge in [0.1, 0.15) is 0 Å². The van der Waals surface area contributed by atoms with Gasteiger partial charge in [-0.1, -0.05) is 17.7 Å². The first-order chi connectivity index (χ1) is 6.29. The van der Waals surface area contributed by atoms with Gasteiger partial charge in [0.25, 0.3) is 0 Å². The van der Waals surface area contributed by atoms with E-state index in [1.807, 2.05) is 0 Å². The first-order valence-electron chi connectivity index (χ1n) is 5.04. The van der Waals surface area contributed by atoms with E-state index < -0.39 is 12.2 Å². The summed E-state index contributed by atoms with van der Waals surface area (Å²) in [7, 11) is 0. The van der Waals surface area contributed by atoms with Crippen LogP contribution in [-0.2, 0) is 0 Å². The van der Waals surface area contributed by atoms with Gasteiger partial charge in [-0.15, -0.1) is 0 Å². The van der Waals surface area contributed by atoms with E-state index >= 15 is 0 Å². The van der Waals surface area contributed by atoms with Gasteiger partial charge in [0.15, 0.2) is 0 Å². The topological polar surface area (TPSA) is 40.5 Å². The summed E-state index contributed by atoms with van der Waals surface area (Å²) in [6.45, 7) is 0. The van der Waals surface area contributed by atoms with Gasteiger partial charge in [0.05, 0.1) is 12.2 Å². The van der Waals surface area contributed by atoms with Gasteiger partial charge in [-0.2, -0.15) is 0 Å². The molecule has 1 unspecified atom stereocenters. The van der Waals surface area contributed by atoms with Crippen LogP contribution in [-0.4, -0.2) is 22.4 Å². The smallest absolute Gasteiger partial charge is 0.0873 e. The summed E-state index contributed by atoms with van der Waals surface area (Å²) in [5.41, 5.74) is 2.75. The molecule has 3 rings (SSSR count). The Hall–Kier alpha value is -0.600. The van der Waals surface area contributed by atoms with Crippen molar-refractivity contribution in [3.8, 4) is 0 Å². The zero-order valence-electron chi connectivity index (χ0n) is 7.48. The van der Waals surface area contributed by atoms with Crippen molar-refractivity contribution in [3.05, 3.63) is 23.3 Å². The van der Waals surface area contributed by atoms with Gasteiger partial charge in [0.2, 0.25) is 0 Å². The van der Waals surface area contributed by atoms with Crippen LogP contribution in [0.2, 0.25) is 0 Å². The minimum absolute atomic E-state index is 0.228. The van der Waals surface area contributed by atoms with Crippen LogP contribution in [0, 0.1) is 11.8 Å². The largest absolute Gasteiger partial charge is 0.390 e. The first-order valence-corrected chi connectivity index (χ1v) is 5.04. The van der Waals surface area contributed by atoms with E-state index in [1.54, 1.807) is 0 Å². The highest BCUT2D eigenvalue weighted by Crippen LogP contribution is 2.51. The molecule has 0 aromatic rings. The summed E-state index contributed by atoms with van der Waals surface area (Å²) in [4.78, 5) is 0. The molecule has 1 fully saturated rings. The Balaban J connectivity index is 2.05. The Morgan fingerprint density at radius 3 is 2.77 bits per heavy atom. The molecule has 2 bridgehead atoms. The van der Waals surface area contributed by atoms with Crippen molar-refractivity contribution in [2.24, 2.45) is 11.8 Å². The number of aliphatic hydroxyl groups excluding tert-OH is 2. The van der Waals surface area contributed by atoms with Crippen molar-refractivity contribution >= 4 is 0 Å². The quantitative estimate of drug-likeness (QED) is 0.581. The highest BCUT2D eigenvalue weighted by atomic mass is 16.3. The van der Waals surface area contributed by atoms with E-state index in [4.69, 9.17) is 0 Å².